The fourth-order valence-corrected chi connectivity index (χ4v) is 4.15. The van der Waals surface area contributed by atoms with Gasteiger partial charge in [0, 0.05) is 5.69 Å². The third-order valence-electron chi connectivity index (χ3n) is 3.75. The lowest BCUT2D eigenvalue weighted by molar-refractivity contribution is 0.0601. The van der Waals surface area contributed by atoms with Gasteiger partial charge in [-0.15, -0.1) is 22.7 Å². The van der Waals surface area contributed by atoms with Crippen molar-refractivity contribution in [2.24, 2.45) is 0 Å². The maximum absolute atomic E-state index is 12.7. The number of nitrogens with one attached hydrogen (secondary N) is 2. The molecule has 138 valence electrons. The van der Waals surface area contributed by atoms with E-state index in [4.69, 9.17) is 4.74 Å². The number of hydrogen-bond acceptors (Lipinski definition) is 6. The van der Waals surface area contributed by atoms with Crippen LogP contribution in [0, 0.1) is 6.92 Å². The molecule has 0 radical (unpaired) electrons. The number of benzene rings is 1. The molecule has 0 unspecified atom stereocenters. The summed E-state index contributed by atoms with van der Waals surface area (Å²) in [5.41, 5.74) is 1.28. The van der Waals surface area contributed by atoms with Crippen LogP contribution in [0.15, 0.2) is 47.8 Å². The molecule has 6 nitrogen and oxygen atoms in total. The van der Waals surface area contributed by atoms with Gasteiger partial charge in [-0.1, -0.05) is 24.3 Å². The summed E-state index contributed by atoms with van der Waals surface area (Å²) in [4.78, 5) is 38.1. The Kier molecular flexibility index (Phi) is 5.68. The lowest BCUT2D eigenvalue weighted by Crippen LogP contribution is -2.13. The number of ether oxygens (including phenoxy) is 1. The van der Waals surface area contributed by atoms with E-state index in [9.17, 15) is 14.4 Å². The second-order valence-corrected chi connectivity index (χ2v) is 7.47. The summed E-state index contributed by atoms with van der Waals surface area (Å²) in [5, 5.41) is 7.58. The topological polar surface area (TPSA) is 84.5 Å². The largest absolute Gasteiger partial charge is 0.465 e. The summed E-state index contributed by atoms with van der Waals surface area (Å²) >= 11 is 2.33. The van der Waals surface area contributed by atoms with Crippen molar-refractivity contribution in [2.45, 2.75) is 6.92 Å². The molecule has 0 aliphatic carbocycles. The quantitative estimate of drug-likeness (QED) is 0.622. The van der Waals surface area contributed by atoms with Crippen LogP contribution in [0.4, 0.5) is 10.7 Å². The van der Waals surface area contributed by atoms with Crippen LogP contribution in [-0.4, -0.2) is 24.9 Å². The van der Waals surface area contributed by atoms with Crippen LogP contribution in [0.25, 0.3) is 0 Å². The Labute approximate surface area is 163 Å². The molecule has 8 heteroatoms. The first-order valence-corrected chi connectivity index (χ1v) is 9.63. The van der Waals surface area contributed by atoms with Crippen molar-refractivity contribution in [3.05, 3.63) is 68.7 Å². The van der Waals surface area contributed by atoms with Crippen LogP contribution in [0.3, 0.4) is 0 Å². The van der Waals surface area contributed by atoms with Crippen molar-refractivity contribution in [2.75, 3.05) is 17.7 Å². The maximum atomic E-state index is 12.7. The number of methoxy groups -OCH3 is 1. The first kappa shape index (κ1) is 18.8. The number of thiophene rings is 2. The molecule has 0 saturated heterocycles. The number of para-hydroxylation sites is 1. The Morgan fingerprint density at radius 3 is 2.33 bits per heavy atom. The Hall–Kier alpha value is -2.97. The third kappa shape index (κ3) is 4.07. The molecule has 0 atom stereocenters. The van der Waals surface area contributed by atoms with Gasteiger partial charge in [0.15, 0.2) is 0 Å². The van der Waals surface area contributed by atoms with Crippen molar-refractivity contribution in [1.29, 1.82) is 0 Å². The molecule has 0 saturated carbocycles. The SMILES string of the molecule is COC(=O)c1c(NC(=O)c2cccs2)sc(C(=O)Nc2ccccc2)c1C. The zero-order valence-corrected chi connectivity index (χ0v) is 16.2. The van der Waals surface area contributed by atoms with Crippen LogP contribution in [0.2, 0.25) is 0 Å². The molecular weight excluding hydrogens is 384 g/mol. The molecule has 1 aromatic carbocycles. The number of rotatable bonds is 5. The Morgan fingerprint density at radius 1 is 0.963 bits per heavy atom. The average Bonchev–Trinajstić information content (AvgIpc) is 3.30. The number of amides is 2. The number of carbonyl (C=O) groups excluding carboxylic acids is 3. The van der Waals surface area contributed by atoms with Gasteiger partial charge in [0.05, 0.1) is 22.4 Å². The monoisotopic (exact) mass is 400 g/mol. The minimum Gasteiger partial charge on any atom is -0.465 e. The van der Waals surface area contributed by atoms with E-state index >= 15 is 0 Å². The predicted octanol–water partition coefficient (Wildman–Crippen LogP) is 4.41. The molecule has 3 rings (SSSR count). The van der Waals surface area contributed by atoms with Crippen molar-refractivity contribution in [3.63, 3.8) is 0 Å². The van der Waals surface area contributed by atoms with Crippen LogP contribution < -0.4 is 10.6 Å². The van der Waals surface area contributed by atoms with Crippen molar-refractivity contribution in [3.8, 4) is 0 Å². The number of carbonyl (C=O) groups is 3. The summed E-state index contributed by atoms with van der Waals surface area (Å²) in [5.74, 6) is -1.30. The first-order valence-electron chi connectivity index (χ1n) is 7.94. The highest BCUT2D eigenvalue weighted by atomic mass is 32.1. The molecule has 2 aromatic heterocycles. The molecular formula is C19H16N2O4S2. The van der Waals surface area contributed by atoms with Gasteiger partial charge in [0.2, 0.25) is 0 Å². The summed E-state index contributed by atoms with van der Waals surface area (Å²) < 4.78 is 4.83. The number of esters is 1. The molecule has 2 heterocycles. The third-order valence-corrected chi connectivity index (χ3v) is 5.82. The van der Waals surface area contributed by atoms with Gasteiger partial charge in [-0.25, -0.2) is 4.79 Å². The van der Waals surface area contributed by atoms with E-state index in [-0.39, 0.29) is 22.4 Å². The molecule has 3 aromatic rings. The molecule has 0 bridgehead atoms. The normalized spacial score (nSPS) is 10.3. The van der Waals surface area contributed by atoms with Gasteiger partial charge < -0.3 is 15.4 Å². The van der Waals surface area contributed by atoms with E-state index in [0.717, 1.165) is 11.3 Å². The van der Waals surface area contributed by atoms with Crippen LogP contribution in [0.1, 0.15) is 35.3 Å². The van der Waals surface area contributed by atoms with Gasteiger partial charge in [-0.05, 0) is 36.1 Å². The Morgan fingerprint density at radius 2 is 1.70 bits per heavy atom. The standard InChI is InChI=1S/C19H16N2O4S2/c1-11-14(19(24)25-2)18(21-16(22)13-9-6-10-26-13)27-15(11)17(23)20-12-7-4-3-5-8-12/h3-10H,1-2H3,(H,20,23)(H,21,22). The zero-order valence-electron chi connectivity index (χ0n) is 14.6. The minimum atomic E-state index is -0.607. The van der Waals surface area contributed by atoms with E-state index in [0.29, 0.717) is 21.0 Å². The minimum absolute atomic E-state index is 0.186. The lowest BCUT2D eigenvalue weighted by atomic mass is 10.1. The van der Waals surface area contributed by atoms with E-state index in [2.05, 4.69) is 10.6 Å². The summed E-state index contributed by atoms with van der Waals surface area (Å²) in [6, 6.07) is 12.4. The van der Waals surface area contributed by atoms with Crippen molar-refractivity contribution >= 4 is 51.1 Å². The van der Waals surface area contributed by atoms with Crippen molar-refractivity contribution in [1.82, 2.24) is 0 Å². The summed E-state index contributed by atoms with van der Waals surface area (Å²) in [6.45, 7) is 1.66. The number of anilines is 2. The second kappa shape index (κ2) is 8.15. The highest BCUT2D eigenvalue weighted by Gasteiger charge is 2.26. The van der Waals surface area contributed by atoms with Crippen molar-refractivity contribution < 1.29 is 19.1 Å². The fraction of sp³-hybridized carbons (Fsp3) is 0.105. The van der Waals surface area contributed by atoms with Crippen LogP contribution >= 0.6 is 22.7 Å². The van der Waals surface area contributed by atoms with Crippen LogP contribution in [-0.2, 0) is 4.74 Å². The van der Waals surface area contributed by atoms with Gasteiger partial charge >= 0.3 is 5.97 Å². The highest BCUT2D eigenvalue weighted by molar-refractivity contribution is 7.19. The highest BCUT2D eigenvalue weighted by Crippen LogP contribution is 2.34. The van der Waals surface area contributed by atoms with Gasteiger partial charge in [-0.2, -0.15) is 0 Å². The molecule has 27 heavy (non-hydrogen) atoms. The second-order valence-electron chi connectivity index (χ2n) is 5.50. The van der Waals surface area contributed by atoms with E-state index in [1.807, 2.05) is 18.2 Å². The van der Waals surface area contributed by atoms with Gasteiger partial charge in [0.1, 0.15) is 5.00 Å². The molecule has 2 N–H and O–H groups in total. The lowest BCUT2D eigenvalue weighted by Gasteiger charge is -2.05. The molecule has 0 aliphatic rings. The molecule has 0 aliphatic heterocycles. The summed E-state index contributed by atoms with van der Waals surface area (Å²) in [7, 11) is 1.26. The Bertz CT molecular complexity index is 979. The molecule has 0 fully saturated rings. The summed E-state index contributed by atoms with van der Waals surface area (Å²) in [6.07, 6.45) is 0. The van der Waals surface area contributed by atoms with E-state index < -0.39 is 5.97 Å². The number of hydrogen-bond donors (Lipinski definition) is 2. The molecule has 2 amide bonds. The van der Waals surface area contributed by atoms with E-state index in [1.54, 1.807) is 36.6 Å². The fourth-order valence-electron chi connectivity index (χ4n) is 2.45. The Balaban J connectivity index is 1.93. The predicted molar refractivity (Wildman–Crippen MR) is 107 cm³/mol. The van der Waals surface area contributed by atoms with E-state index in [1.165, 1.54) is 18.4 Å². The zero-order chi connectivity index (χ0) is 19.4. The maximum Gasteiger partial charge on any atom is 0.341 e. The smallest absolute Gasteiger partial charge is 0.341 e. The van der Waals surface area contributed by atoms with Gasteiger partial charge in [-0.3, -0.25) is 9.59 Å². The van der Waals surface area contributed by atoms with Gasteiger partial charge in [0.25, 0.3) is 11.8 Å². The first-order chi connectivity index (χ1) is 13.0. The van der Waals surface area contributed by atoms with Crippen LogP contribution in [0.5, 0.6) is 0 Å². The molecule has 0 spiro atoms. The average molecular weight is 400 g/mol.